The van der Waals surface area contributed by atoms with Gasteiger partial charge in [0.2, 0.25) is 0 Å². The Balaban J connectivity index is 1.36. The Morgan fingerprint density at radius 3 is 2.22 bits per heavy atom. The van der Waals surface area contributed by atoms with Gasteiger partial charge in [0.25, 0.3) is 0 Å². The highest BCUT2D eigenvalue weighted by molar-refractivity contribution is 4.84. The van der Waals surface area contributed by atoms with E-state index < -0.39 is 0 Å². The van der Waals surface area contributed by atoms with Crippen LogP contribution in [0, 0.1) is 11.8 Å². The summed E-state index contributed by atoms with van der Waals surface area (Å²) in [6.45, 7) is 11.5. The molecule has 3 nitrogen and oxygen atoms in total. The van der Waals surface area contributed by atoms with Gasteiger partial charge in [-0.1, -0.05) is 6.92 Å². The van der Waals surface area contributed by atoms with E-state index in [1.165, 1.54) is 71.5 Å². The van der Waals surface area contributed by atoms with Crippen molar-refractivity contribution in [2.75, 3.05) is 45.8 Å². The Hall–Kier alpha value is -0.120. The van der Waals surface area contributed by atoms with Gasteiger partial charge in [-0.25, -0.2) is 0 Å². The lowest BCUT2D eigenvalue weighted by Gasteiger charge is -2.38. The molecule has 0 aromatic heterocycles. The maximum Gasteiger partial charge on any atom is 0.0197 e. The third kappa shape index (κ3) is 3.69. The molecule has 2 saturated heterocycles. The van der Waals surface area contributed by atoms with Gasteiger partial charge in [0.1, 0.15) is 0 Å². The molecule has 0 aromatic rings. The molecule has 18 heavy (non-hydrogen) atoms. The van der Waals surface area contributed by atoms with E-state index in [1.54, 1.807) is 0 Å². The van der Waals surface area contributed by atoms with Crippen LogP contribution in [0.4, 0.5) is 0 Å². The Morgan fingerprint density at radius 2 is 1.61 bits per heavy atom. The van der Waals surface area contributed by atoms with Gasteiger partial charge in [-0.3, -0.25) is 4.90 Å². The summed E-state index contributed by atoms with van der Waals surface area (Å²) in [6, 6.07) is 0.753. The third-order valence-corrected chi connectivity index (χ3v) is 4.91. The van der Waals surface area contributed by atoms with Gasteiger partial charge >= 0.3 is 0 Å². The van der Waals surface area contributed by atoms with E-state index in [0.29, 0.717) is 0 Å². The van der Waals surface area contributed by atoms with E-state index in [9.17, 15) is 0 Å². The Kier molecular flexibility index (Phi) is 4.22. The van der Waals surface area contributed by atoms with E-state index >= 15 is 0 Å². The molecule has 2 aliphatic heterocycles. The maximum absolute atomic E-state index is 3.69. The predicted molar refractivity (Wildman–Crippen MR) is 75.8 cm³/mol. The van der Waals surface area contributed by atoms with Crippen molar-refractivity contribution in [3.8, 4) is 0 Å². The Bertz CT molecular complexity index is 256. The third-order valence-electron chi connectivity index (χ3n) is 4.91. The van der Waals surface area contributed by atoms with Crippen LogP contribution in [0.2, 0.25) is 0 Å². The number of piperazine rings is 1. The first-order valence-electron chi connectivity index (χ1n) is 7.97. The van der Waals surface area contributed by atoms with Gasteiger partial charge in [0.05, 0.1) is 0 Å². The SMILES string of the molecule is CC1CCNC(CN2CCN(CC3CC3)CC2)C1. The lowest BCUT2D eigenvalue weighted by atomic mass is 9.94. The van der Waals surface area contributed by atoms with Crippen LogP contribution in [-0.4, -0.2) is 61.7 Å². The van der Waals surface area contributed by atoms with Crippen LogP contribution in [0.15, 0.2) is 0 Å². The van der Waals surface area contributed by atoms with Gasteiger partial charge in [0.15, 0.2) is 0 Å². The minimum absolute atomic E-state index is 0.753. The first-order valence-corrected chi connectivity index (χ1v) is 7.97. The number of nitrogens with zero attached hydrogens (tertiary/aromatic N) is 2. The number of hydrogen-bond acceptors (Lipinski definition) is 3. The molecule has 0 bridgehead atoms. The monoisotopic (exact) mass is 251 g/mol. The smallest absolute Gasteiger partial charge is 0.0197 e. The van der Waals surface area contributed by atoms with E-state index in [-0.39, 0.29) is 0 Å². The molecule has 2 unspecified atom stereocenters. The summed E-state index contributed by atoms with van der Waals surface area (Å²) in [5, 5.41) is 3.69. The highest BCUT2D eigenvalue weighted by atomic mass is 15.3. The molecule has 1 N–H and O–H groups in total. The molecule has 104 valence electrons. The molecule has 1 saturated carbocycles. The van der Waals surface area contributed by atoms with Gasteiger partial charge in [0, 0.05) is 45.3 Å². The molecule has 3 heteroatoms. The first-order chi connectivity index (χ1) is 8.79. The zero-order chi connectivity index (χ0) is 12.4. The normalized spacial score (nSPS) is 35.8. The van der Waals surface area contributed by atoms with Gasteiger partial charge < -0.3 is 10.2 Å². The molecule has 2 heterocycles. The van der Waals surface area contributed by atoms with Crippen LogP contribution in [0.5, 0.6) is 0 Å². The van der Waals surface area contributed by atoms with E-state index in [2.05, 4.69) is 22.0 Å². The molecule has 0 aromatic carbocycles. The zero-order valence-corrected chi connectivity index (χ0v) is 11.9. The molecule has 3 fully saturated rings. The van der Waals surface area contributed by atoms with E-state index in [0.717, 1.165) is 17.9 Å². The molecule has 0 radical (unpaired) electrons. The second kappa shape index (κ2) is 5.89. The van der Waals surface area contributed by atoms with Crippen molar-refractivity contribution >= 4 is 0 Å². The summed E-state index contributed by atoms with van der Waals surface area (Å²) in [7, 11) is 0. The maximum atomic E-state index is 3.69. The van der Waals surface area contributed by atoms with Crippen molar-refractivity contribution in [2.24, 2.45) is 11.8 Å². The van der Waals surface area contributed by atoms with Crippen LogP contribution < -0.4 is 5.32 Å². The summed E-state index contributed by atoms with van der Waals surface area (Å²) in [5.74, 6) is 1.98. The van der Waals surface area contributed by atoms with Crippen LogP contribution in [0.3, 0.4) is 0 Å². The molecule has 0 amide bonds. The van der Waals surface area contributed by atoms with Crippen molar-refractivity contribution in [3.05, 3.63) is 0 Å². The van der Waals surface area contributed by atoms with Gasteiger partial charge in [-0.15, -0.1) is 0 Å². The lowest BCUT2D eigenvalue weighted by molar-refractivity contribution is 0.112. The number of rotatable bonds is 4. The number of nitrogens with one attached hydrogen (secondary N) is 1. The quantitative estimate of drug-likeness (QED) is 0.815. The number of hydrogen-bond donors (Lipinski definition) is 1. The van der Waals surface area contributed by atoms with Crippen molar-refractivity contribution < 1.29 is 0 Å². The van der Waals surface area contributed by atoms with Crippen molar-refractivity contribution in [1.29, 1.82) is 0 Å². The molecule has 2 atom stereocenters. The van der Waals surface area contributed by atoms with Gasteiger partial charge in [-0.2, -0.15) is 0 Å². The minimum atomic E-state index is 0.753. The molecule has 3 rings (SSSR count). The minimum Gasteiger partial charge on any atom is -0.313 e. The second-order valence-electron chi connectivity index (χ2n) is 6.83. The van der Waals surface area contributed by atoms with Crippen LogP contribution in [0.1, 0.15) is 32.6 Å². The fourth-order valence-corrected chi connectivity index (χ4v) is 3.49. The Morgan fingerprint density at radius 1 is 0.944 bits per heavy atom. The molecular formula is C15H29N3. The number of piperidine rings is 1. The summed E-state index contributed by atoms with van der Waals surface area (Å²) >= 11 is 0. The topological polar surface area (TPSA) is 18.5 Å². The molecule has 1 aliphatic carbocycles. The highest BCUT2D eigenvalue weighted by Gasteiger charge is 2.27. The lowest BCUT2D eigenvalue weighted by Crippen LogP contribution is -2.52. The Labute approximate surface area is 112 Å². The summed E-state index contributed by atoms with van der Waals surface area (Å²) in [6.07, 6.45) is 5.72. The van der Waals surface area contributed by atoms with Crippen molar-refractivity contribution in [3.63, 3.8) is 0 Å². The summed E-state index contributed by atoms with van der Waals surface area (Å²) in [4.78, 5) is 5.37. The van der Waals surface area contributed by atoms with E-state index in [1.807, 2.05) is 0 Å². The molecular weight excluding hydrogens is 222 g/mol. The average molecular weight is 251 g/mol. The van der Waals surface area contributed by atoms with Crippen molar-refractivity contribution in [1.82, 2.24) is 15.1 Å². The largest absolute Gasteiger partial charge is 0.313 e. The standard InChI is InChI=1S/C15H29N3/c1-13-4-5-16-15(10-13)12-18-8-6-17(7-9-18)11-14-2-3-14/h13-16H,2-12H2,1H3. The summed E-state index contributed by atoms with van der Waals surface area (Å²) < 4.78 is 0. The summed E-state index contributed by atoms with van der Waals surface area (Å²) in [5.41, 5.74) is 0. The fourth-order valence-electron chi connectivity index (χ4n) is 3.49. The second-order valence-corrected chi connectivity index (χ2v) is 6.83. The first kappa shape index (κ1) is 12.9. The van der Waals surface area contributed by atoms with Crippen LogP contribution >= 0.6 is 0 Å². The molecule has 3 aliphatic rings. The van der Waals surface area contributed by atoms with Crippen molar-refractivity contribution in [2.45, 2.75) is 38.6 Å². The van der Waals surface area contributed by atoms with E-state index in [4.69, 9.17) is 0 Å². The van der Waals surface area contributed by atoms with Crippen LogP contribution in [-0.2, 0) is 0 Å². The van der Waals surface area contributed by atoms with Crippen LogP contribution in [0.25, 0.3) is 0 Å². The fraction of sp³-hybridized carbons (Fsp3) is 1.00. The highest BCUT2D eigenvalue weighted by Crippen LogP contribution is 2.29. The molecule has 0 spiro atoms. The predicted octanol–water partition coefficient (Wildman–Crippen LogP) is 1.40. The van der Waals surface area contributed by atoms with Gasteiger partial charge in [-0.05, 0) is 44.1 Å². The zero-order valence-electron chi connectivity index (χ0n) is 11.9. The average Bonchev–Trinajstić information content (AvgIpc) is 3.16.